The van der Waals surface area contributed by atoms with Crippen LogP contribution in [0.25, 0.3) is 0 Å². The van der Waals surface area contributed by atoms with Crippen LogP contribution in [-0.2, 0) is 33.0 Å². The molecule has 0 amide bonds. The van der Waals surface area contributed by atoms with Gasteiger partial charge in [-0.1, -0.05) is 31.2 Å². The van der Waals surface area contributed by atoms with E-state index in [-0.39, 0.29) is 6.10 Å². The highest BCUT2D eigenvalue weighted by atomic mass is 16.3. The standard InChI is InChI=1S/C19H28N4O/c1-3-19-17(12-22(2)21-19)10-20-11-18(24)14-23-9-8-15-6-4-5-7-16(15)13-23/h4-7,12,18,20,24H,3,8-11,13-14H2,1-2H3. The van der Waals surface area contributed by atoms with E-state index >= 15 is 0 Å². The summed E-state index contributed by atoms with van der Waals surface area (Å²) in [5.74, 6) is 0. The van der Waals surface area contributed by atoms with E-state index in [0.29, 0.717) is 6.54 Å². The molecule has 1 aromatic heterocycles. The summed E-state index contributed by atoms with van der Waals surface area (Å²) < 4.78 is 1.86. The van der Waals surface area contributed by atoms with Gasteiger partial charge in [-0.05, 0) is 24.0 Å². The predicted octanol–water partition coefficient (Wildman–Crippen LogP) is 1.49. The Morgan fingerprint density at radius 2 is 2.08 bits per heavy atom. The molecule has 0 fully saturated rings. The van der Waals surface area contributed by atoms with Gasteiger partial charge in [-0.2, -0.15) is 5.10 Å². The average Bonchev–Trinajstić information content (AvgIpc) is 2.94. The SMILES string of the molecule is CCc1nn(C)cc1CNCC(O)CN1CCc2ccccc2C1. The van der Waals surface area contributed by atoms with Crippen molar-refractivity contribution >= 4 is 0 Å². The molecule has 0 spiro atoms. The number of nitrogens with zero attached hydrogens (tertiary/aromatic N) is 3. The quantitative estimate of drug-likeness (QED) is 0.809. The van der Waals surface area contributed by atoms with Gasteiger partial charge in [0.05, 0.1) is 11.8 Å². The Bertz CT molecular complexity index is 667. The van der Waals surface area contributed by atoms with Crippen molar-refractivity contribution < 1.29 is 5.11 Å². The lowest BCUT2D eigenvalue weighted by Gasteiger charge is -2.30. The van der Waals surface area contributed by atoms with Crippen LogP contribution in [0.5, 0.6) is 0 Å². The van der Waals surface area contributed by atoms with Crippen LogP contribution in [0, 0.1) is 0 Å². The Balaban J connectivity index is 1.44. The summed E-state index contributed by atoms with van der Waals surface area (Å²) in [5.41, 5.74) is 5.20. The number of aromatic nitrogens is 2. The third kappa shape index (κ3) is 4.23. The molecule has 0 radical (unpaired) electrons. The zero-order chi connectivity index (χ0) is 16.9. The van der Waals surface area contributed by atoms with Crippen LogP contribution in [0.2, 0.25) is 0 Å². The van der Waals surface area contributed by atoms with E-state index in [2.05, 4.69) is 52.7 Å². The van der Waals surface area contributed by atoms with E-state index < -0.39 is 0 Å². The van der Waals surface area contributed by atoms with Crippen molar-refractivity contribution in [3.63, 3.8) is 0 Å². The van der Waals surface area contributed by atoms with E-state index in [1.165, 1.54) is 16.7 Å². The minimum atomic E-state index is -0.350. The number of aliphatic hydroxyl groups is 1. The zero-order valence-corrected chi connectivity index (χ0v) is 14.7. The first-order valence-electron chi connectivity index (χ1n) is 8.85. The molecule has 5 heteroatoms. The Morgan fingerprint density at radius 1 is 1.29 bits per heavy atom. The van der Waals surface area contributed by atoms with Crippen LogP contribution in [0.1, 0.15) is 29.3 Å². The second kappa shape index (κ2) is 7.92. The number of hydrogen-bond donors (Lipinski definition) is 2. The Kier molecular flexibility index (Phi) is 5.66. The molecule has 1 aliphatic rings. The highest BCUT2D eigenvalue weighted by molar-refractivity contribution is 5.29. The van der Waals surface area contributed by atoms with Crippen LogP contribution < -0.4 is 5.32 Å². The molecule has 0 saturated heterocycles. The van der Waals surface area contributed by atoms with Crippen molar-refractivity contribution in [3.8, 4) is 0 Å². The van der Waals surface area contributed by atoms with Crippen molar-refractivity contribution in [2.24, 2.45) is 7.05 Å². The van der Waals surface area contributed by atoms with Gasteiger partial charge in [0.25, 0.3) is 0 Å². The van der Waals surface area contributed by atoms with Crippen LogP contribution in [0.4, 0.5) is 0 Å². The van der Waals surface area contributed by atoms with Gasteiger partial charge in [-0.3, -0.25) is 9.58 Å². The van der Waals surface area contributed by atoms with Gasteiger partial charge in [0.2, 0.25) is 0 Å². The van der Waals surface area contributed by atoms with Crippen molar-refractivity contribution in [1.82, 2.24) is 20.0 Å². The number of nitrogens with one attached hydrogen (secondary N) is 1. The first kappa shape index (κ1) is 17.1. The molecule has 1 unspecified atom stereocenters. The van der Waals surface area contributed by atoms with Crippen molar-refractivity contribution in [2.45, 2.75) is 39.0 Å². The summed E-state index contributed by atoms with van der Waals surface area (Å²) in [5, 5.41) is 18.2. The van der Waals surface area contributed by atoms with Crippen molar-refractivity contribution in [1.29, 1.82) is 0 Å². The van der Waals surface area contributed by atoms with Gasteiger partial charge in [0, 0.05) is 51.5 Å². The van der Waals surface area contributed by atoms with Crippen LogP contribution >= 0.6 is 0 Å². The molecular weight excluding hydrogens is 300 g/mol. The lowest BCUT2D eigenvalue weighted by molar-refractivity contribution is 0.104. The lowest BCUT2D eigenvalue weighted by atomic mass is 10.00. The highest BCUT2D eigenvalue weighted by Gasteiger charge is 2.18. The first-order valence-corrected chi connectivity index (χ1v) is 8.85. The number of β-amino-alcohol motifs (C(OH)–C–C–N with tert-alkyl or cyclic N) is 1. The van der Waals surface area contributed by atoms with Gasteiger partial charge >= 0.3 is 0 Å². The Labute approximate surface area is 144 Å². The highest BCUT2D eigenvalue weighted by Crippen LogP contribution is 2.18. The third-order valence-electron chi connectivity index (χ3n) is 4.70. The number of rotatable bonds is 7. The molecule has 3 rings (SSSR count). The van der Waals surface area contributed by atoms with Gasteiger partial charge in [-0.25, -0.2) is 0 Å². The number of hydrogen-bond acceptors (Lipinski definition) is 4. The minimum absolute atomic E-state index is 0.350. The molecule has 130 valence electrons. The number of benzene rings is 1. The normalized spacial score (nSPS) is 16.1. The molecule has 5 nitrogen and oxygen atoms in total. The summed E-state index contributed by atoms with van der Waals surface area (Å²) in [6.07, 6.45) is 3.72. The fraction of sp³-hybridized carbons (Fsp3) is 0.526. The van der Waals surface area contributed by atoms with Crippen molar-refractivity contribution in [2.75, 3.05) is 19.6 Å². The van der Waals surface area contributed by atoms with E-state index in [1.54, 1.807) is 0 Å². The van der Waals surface area contributed by atoms with E-state index in [9.17, 15) is 5.11 Å². The molecule has 1 aromatic carbocycles. The molecule has 2 heterocycles. The van der Waals surface area contributed by atoms with Gasteiger partial charge in [0.1, 0.15) is 0 Å². The Morgan fingerprint density at radius 3 is 2.88 bits per heavy atom. The maximum atomic E-state index is 10.3. The summed E-state index contributed by atoms with van der Waals surface area (Å²) in [6, 6.07) is 8.61. The summed E-state index contributed by atoms with van der Waals surface area (Å²) in [4.78, 5) is 2.34. The lowest BCUT2D eigenvalue weighted by Crippen LogP contribution is -2.40. The second-order valence-corrected chi connectivity index (χ2v) is 6.67. The molecular formula is C19H28N4O. The molecule has 1 aliphatic heterocycles. The second-order valence-electron chi connectivity index (χ2n) is 6.67. The maximum absolute atomic E-state index is 10.3. The zero-order valence-electron chi connectivity index (χ0n) is 14.7. The van der Waals surface area contributed by atoms with E-state index in [1.807, 2.05) is 11.7 Å². The third-order valence-corrected chi connectivity index (χ3v) is 4.70. The summed E-state index contributed by atoms with van der Waals surface area (Å²) >= 11 is 0. The minimum Gasteiger partial charge on any atom is -0.390 e. The summed E-state index contributed by atoms with van der Waals surface area (Å²) in [6.45, 7) is 6.17. The van der Waals surface area contributed by atoms with Gasteiger partial charge in [0.15, 0.2) is 0 Å². The fourth-order valence-electron chi connectivity index (χ4n) is 3.48. The molecule has 0 bridgehead atoms. The van der Waals surface area contributed by atoms with Crippen LogP contribution in [-0.4, -0.2) is 45.5 Å². The molecule has 24 heavy (non-hydrogen) atoms. The van der Waals surface area contributed by atoms with E-state index in [0.717, 1.165) is 44.7 Å². The largest absolute Gasteiger partial charge is 0.390 e. The number of aryl methyl sites for hydroxylation is 2. The monoisotopic (exact) mass is 328 g/mol. The number of fused-ring (bicyclic) bond motifs is 1. The van der Waals surface area contributed by atoms with Gasteiger partial charge < -0.3 is 10.4 Å². The first-order chi connectivity index (χ1) is 11.7. The Hall–Kier alpha value is -1.69. The average molecular weight is 328 g/mol. The van der Waals surface area contributed by atoms with Crippen LogP contribution in [0.15, 0.2) is 30.5 Å². The van der Waals surface area contributed by atoms with Gasteiger partial charge in [-0.15, -0.1) is 0 Å². The molecule has 2 aromatic rings. The maximum Gasteiger partial charge on any atom is 0.0791 e. The topological polar surface area (TPSA) is 53.3 Å². The van der Waals surface area contributed by atoms with Crippen molar-refractivity contribution in [3.05, 3.63) is 52.8 Å². The smallest absolute Gasteiger partial charge is 0.0791 e. The molecule has 1 atom stereocenters. The molecule has 0 aliphatic carbocycles. The van der Waals surface area contributed by atoms with Crippen LogP contribution in [0.3, 0.4) is 0 Å². The van der Waals surface area contributed by atoms with E-state index in [4.69, 9.17) is 0 Å². The molecule has 0 saturated carbocycles. The summed E-state index contributed by atoms with van der Waals surface area (Å²) in [7, 11) is 1.95. The number of aliphatic hydroxyl groups excluding tert-OH is 1. The molecule has 2 N–H and O–H groups in total. The predicted molar refractivity (Wildman–Crippen MR) is 95.7 cm³/mol. The fourth-order valence-corrected chi connectivity index (χ4v) is 3.48.